The van der Waals surface area contributed by atoms with E-state index in [2.05, 4.69) is 0 Å². The minimum Gasteiger partial charge on any atom is -0.478 e. The van der Waals surface area contributed by atoms with Gasteiger partial charge in [0.05, 0.1) is 10.3 Å². The second-order valence-electron chi connectivity index (χ2n) is 7.93. The predicted molar refractivity (Wildman–Crippen MR) is 125 cm³/mol. The minimum atomic E-state index is -0.574. The highest BCUT2D eigenvalue weighted by Crippen LogP contribution is 2.32. The highest BCUT2D eigenvalue weighted by Gasteiger charge is 2.21. The highest BCUT2D eigenvalue weighted by molar-refractivity contribution is 5.98. The first kappa shape index (κ1) is 22.0. The summed E-state index contributed by atoms with van der Waals surface area (Å²) in [7, 11) is 0. The van der Waals surface area contributed by atoms with Gasteiger partial charge in [0.15, 0.2) is 18.2 Å². The first-order chi connectivity index (χ1) is 15.7. The van der Waals surface area contributed by atoms with E-state index < -0.39 is 17.3 Å². The van der Waals surface area contributed by atoms with E-state index in [1.807, 2.05) is 51.1 Å². The van der Waals surface area contributed by atoms with Crippen molar-refractivity contribution in [2.75, 3.05) is 6.61 Å². The molecule has 7 heteroatoms. The van der Waals surface area contributed by atoms with Crippen LogP contribution in [0.15, 0.2) is 69.9 Å². The van der Waals surface area contributed by atoms with Gasteiger partial charge in [-0.3, -0.25) is 19.7 Å². The van der Waals surface area contributed by atoms with Crippen LogP contribution in [0.1, 0.15) is 27.0 Å². The zero-order valence-electron chi connectivity index (χ0n) is 18.4. The number of Topliss-reactive ketones (excluding diaryl/α,β-unsaturated/α-hetero) is 1. The molecular weight excluding hydrogens is 422 g/mol. The van der Waals surface area contributed by atoms with Crippen molar-refractivity contribution < 1.29 is 18.9 Å². The average Bonchev–Trinajstić information content (AvgIpc) is 2.78. The van der Waals surface area contributed by atoms with Gasteiger partial charge in [0.2, 0.25) is 11.2 Å². The molecule has 0 saturated heterocycles. The molecular formula is C26H21NO6. The van der Waals surface area contributed by atoms with Crippen LogP contribution in [0.2, 0.25) is 0 Å². The molecule has 4 aromatic rings. The Labute approximate surface area is 189 Å². The Bertz CT molecular complexity index is 1450. The number of ketones is 1. The molecule has 0 aliphatic carbocycles. The molecule has 1 heterocycles. The van der Waals surface area contributed by atoms with Crippen molar-refractivity contribution in [2.45, 2.75) is 20.8 Å². The molecule has 0 amide bonds. The standard InChI is InChI=1S/C26H21NO6/c1-15-7-9-18(10-8-15)25-26(24(29)23-17(3)11-16(2)12-22(23)33-25)32-14-21(28)19-5-4-6-20(13-19)27(30)31/h4-13H,14H2,1-3H3. The molecule has 0 saturated carbocycles. The van der Waals surface area contributed by atoms with Gasteiger partial charge in [-0.15, -0.1) is 0 Å². The summed E-state index contributed by atoms with van der Waals surface area (Å²) in [6.45, 7) is 5.21. The maximum absolute atomic E-state index is 13.4. The molecule has 0 N–H and O–H groups in total. The SMILES string of the molecule is Cc1ccc(-c2oc3cc(C)cc(C)c3c(=O)c2OCC(=O)c2cccc([N+](=O)[O-])c2)cc1. The van der Waals surface area contributed by atoms with Gasteiger partial charge in [-0.05, 0) is 38.0 Å². The van der Waals surface area contributed by atoms with Crippen LogP contribution in [-0.2, 0) is 0 Å². The maximum Gasteiger partial charge on any atom is 0.270 e. The fraction of sp³-hybridized carbons (Fsp3) is 0.154. The lowest BCUT2D eigenvalue weighted by molar-refractivity contribution is -0.384. The molecule has 0 radical (unpaired) electrons. The van der Waals surface area contributed by atoms with Crippen molar-refractivity contribution in [3.8, 4) is 17.1 Å². The molecule has 0 unspecified atom stereocenters. The zero-order chi connectivity index (χ0) is 23.7. The van der Waals surface area contributed by atoms with Crippen molar-refractivity contribution in [3.05, 3.63) is 103 Å². The highest BCUT2D eigenvalue weighted by atomic mass is 16.6. The number of nitro groups is 1. The summed E-state index contributed by atoms with van der Waals surface area (Å²) in [6, 6.07) is 16.5. The number of benzene rings is 3. The summed E-state index contributed by atoms with van der Waals surface area (Å²) in [6.07, 6.45) is 0. The molecule has 0 fully saturated rings. The van der Waals surface area contributed by atoms with Gasteiger partial charge < -0.3 is 9.15 Å². The summed E-state index contributed by atoms with van der Waals surface area (Å²) in [5.41, 5.74) is 3.35. The van der Waals surface area contributed by atoms with E-state index in [0.29, 0.717) is 16.5 Å². The van der Waals surface area contributed by atoms with Gasteiger partial charge in [-0.1, -0.05) is 48.0 Å². The number of hydrogen-bond acceptors (Lipinski definition) is 6. The van der Waals surface area contributed by atoms with Crippen LogP contribution < -0.4 is 10.2 Å². The molecule has 33 heavy (non-hydrogen) atoms. The molecule has 0 atom stereocenters. The Balaban J connectivity index is 1.79. The Morgan fingerprint density at radius 3 is 2.42 bits per heavy atom. The number of nitro benzene ring substituents is 1. The van der Waals surface area contributed by atoms with Crippen molar-refractivity contribution in [1.82, 2.24) is 0 Å². The van der Waals surface area contributed by atoms with Crippen LogP contribution in [0.5, 0.6) is 5.75 Å². The number of non-ortho nitro benzene ring substituents is 1. The van der Waals surface area contributed by atoms with Crippen molar-refractivity contribution in [3.63, 3.8) is 0 Å². The third-order valence-corrected chi connectivity index (χ3v) is 5.34. The monoisotopic (exact) mass is 443 g/mol. The Morgan fingerprint density at radius 1 is 1.00 bits per heavy atom. The van der Waals surface area contributed by atoms with Gasteiger partial charge >= 0.3 is 0 Å². The Hall–Kier alpha value is -4.26. The quantitative estimate of drug-likeness (QED) is 0.220. The lowest BCUT2D eigenvalue weighted by atomic mass is 10.0. The number of fused-ring (bicyclic) bond motifs is 1. The summed E-state index contributed by atoms with van der Waals surface area (Å²) in [4.78, 5) is 36.6. The minimum absolute atomic E-state index is 0.0721. The number of hydrogen-bond donors (Lipinski definition) is 0. The van der Waals surface area contributed by atoms with Crippen LogP contribution in [0, 0.1) is 30.9 Å². The molecule has 0 aliphatic heterocycles. The third-order valence-electron chi connectivity index (χ3n) is 5.34. The smallest absolute Gasteiger partial charge is 0.270 e. The normalized spacial score (nSPS) is 10.9. The molecule has 7 nitrogen and oxygen atoms in total. The molecule has 0 aliphatic rings. The van der Waals surface area contributed by atoms with E-state index in [9.17, 15) is 19.7 Å². The molecule has 0 spiro atoms. The summed E-state index contributed by atoms with van der Waals surface area (Å²) >= 11 is 0. The number of carbonyl (C=O) groups is 1. The van der Waals surface area contributed by atoms with Gasteiger partial charge in [-0.2, -0.15) is 0 Å². The second-order valence-corrected chi connectivity index (χ2v) is 7.93. The van der Waals surface area contributed by atoms with Gasteiger partial charge in [0, 0.05) is 23.3 Å². The first-order valence-corrected chi connectivity index (χ1v) is 10.3. The molecule has 4 rings (SSSR count). The van der Waals surface area contributed by atoms with E-state index in [4.69, 9.17) is 9.15 Å². The summed E-state index contributed by atoms with van der Waals surface area (Å²) in [5, 5.41) is 11.4. The van der Waals surface area contributed by atoms with Gasteiger partial charge in [0.25, 0.3) is 5.69 Å². The van der Waals surface area contributed by atoms with Crippen LogP contribution in [0.3, 0.4) is 0 Å². The van der Waals surface area contributed by atoms with Crippen LogP contribution in [0.4, 0.5) is 5.69 Å². The molecule has 0 bridgehead atoms. The van der Waals surface area contributed by atoms with Crippen molar-refractivity contribution in [1.29, 1.82) is 0 Å². The number of aryl methyl sites for hydroxylation is 3. The van der Waals surface area contributed by atoms with E-state index in [1.54, 1.807) is 6.07 Å². The van der Waals surface area contributed by atoms with Crippen LogP contribution in [0.25, 0.3) is 22.3 Å². The Morgan fingerprint density at radius 2 is 1.73 bits per heavy atom. The number of nitrogens with zero attached hydrogens (tertiary/aromatic N) is 1. The molecule has 3 aromatic carbocycles. The van der Waals surface area contributed by atoms with Gasteiger partial charge in [-0.25, -0.2) is 0 Å². The summed E-state index contributed by atoms with van der Waals surface area (Å²) < 4.78 is 11.9. The Kier molecular flexibility index (Phi) is 5.79. The third kappa shape index (κ3) is 4.39. The molecule has 1 aromatic heterocycles. The fourth-order valence-electron chi connectivity index (χ4n) is 3.71. The first-order valence-electron chi connectivity index (χ1n) is 10.3. The van der Waals surface area contributed by atoms with E-state index in [0.717, 1.165) is 16.7 Å². The average molecular weight is 443 g/mol. The van der Waals surface area contributed by atoms with Gasteiger partial charge in [0.1, 0.15) is 5.58 Å². The lowest BCUT2D eigenvalue weighted by Crippen LogP contribution is -2.17. The predicted octanol–water partition coefficient (Wildman–Crippen LogP) is 5.56. The number of rotatable bonds is 6. The molecule has 166 valence electrons. The van der Waals surface area contributed by atoms with Crippen LogP contribution in [-0.4, -0.2) is 17.3 Å². The largest absolute Gasteiger partial charge is 0.478 e. The number of ether oxygens (including phenoxy) is 1. The van der Waals surface area contributed by atoms with E-state index in [1.165, 1.54) is 24.3 Å². The fourth-order valence-corrected chi connectivity index (χ4v) is 3.71. The number of carbonyl (C=O) groups excluding carboxylic acids is 1. The van der Waals surface area contributed by atoms with E-state index >= 15 is 0 Å². The summed E-state index contributed by atoms with van der Waals surface area (Å²) in [5.74, 6) is -0.338. The topological polar surface area (TPSA) is 99.7 Å². The van der Waals surface area contributed by atoms with Crippen molar-refractivity contribution in [2.24, 2.45) is 0 Å². The maximum atomic E-state index is 13.4. The van der Waals surface area contributed by atoms with Crippen LogP contribution >= 0.6 is 0 Å². The van der Waals surface area contributed by atoms with Crippen molar-refractivity contribution >= 4 is 22.4 Å². The second kappa shape index (κ2) is 8.70. The lowest BCUT2D eigenvalue weighted by Gasteiger charge is -2.13. The van der Waals surface area contributed by atoms with E-state index in [-0.39, 0.29) is 28.2 Å². The zero-order valence-corrected chi connectivity index (χ0v) is 18.4.